The molecule has 0 saturated carbocycles. The first-order chi connectivity index (χ1) is 9.16. The van der Waals surface area contributed by atoms with Crippen LogP contribution in [0, 0.1) is 0 Å². The Balaban J connectivity index is 1.76. The molecule has 1 aromatic carbocycles. The van der Waals surface area contributed by atoms with Crippen LogP contribution in [0.5, 0.6) is 5.75 Å². The van der Waals surface area contributed by atoms with Gasteiger partial charge in [0, 0.05) is 19.6 Å². The van der Waals surface area contributed by atoms with Crippen LogP contribution in [0.1, 0.15) is 24.8 Å². The zero-order chi connectivity index (χ0) is 13.7. The third-order valence-corrected chi connectivity index (χ3v) is 3.96. The van der Waals surface area contributed by atoms with Gasteiger partial charge in [-0.2, -0.15) is 0 Å². The molecule has 0 atom stereocenters. The van der Waals surface area contributed by atoms with E-state index in [4.69, 9.17) is 0 Å². The van der Waals surface area contributed by atoms with E-state index in [1.54, 1.807) is 6.07 Å². The molecular formula is C14H19BrN2O2. The summed E-state index contributed by atoms with van der Waals surface area (Å²) < 4.78 is 0.675. The largest absolute Gasteiger partial charge is 0.507 e. The highest BCUT2D eigenvalue weighted by molar-refractivity contribution is 9.10. The van der Waals surface area contributed by atoms with Gasteiger partial charge in [-0.25, -0.2) is 0 Å². The first-order valence-electron chi connectivity index (χ1n) is 6.63. The molecule has 4 nitrogen and oxygen atoms in total. The van der Waals surface area contributed by atoms with Gasteiger partial charge in [-0.1, -0.05) is 6.07 Å². The van der Waals surface area contributed by atoms with Gasteiger partial charge < -0.3 is 15.3 Å². The lowest BCUT2D eigenvalue weighted by molar-refractivity contribution is -0.131. The second-order valence-electron chi connectivity index (χ2n) is 4.83. The van der Waals surface area contributed by atoms with E-state index in [2.05, 4.69) is 21.2 Å². The number of carbonyl (C=O) groups excluding carboxylic acids is 1. The number of piperidine rings is 1. The van der Waals surface area contributed by atoms with E-state index in [0.29, 0.717) is 17.6 Å². The van der Waals surface area contributed by atoms with Gasteiger partial charge in [0.15, 0.2) is 0 Å². The number of hydrogen-bond donors (Lipinski definition) is 2. The molecule has 2 rings (SSSR count). The smallest absolute Gasteiger partial charge is 0.236 e. The van der Waals surface area contributed by atoms with Crippen LogP contribution >= 0.6 is 15.9 Å². The minimum Gasteiger partial charge on any atom is -0.507 e. The summed E-state index contributed by atoms with van der Waals surface area (Å²) in [5.41, 5.74) is 1.04. The van der Waals surface area contributed by atoms with Crippen molar-refractivity contribution in [2.45, 2.75) is 25.8 Å². The molecule has 0 bridgehead atoms. The fourth-order valence-corrected chi connectivity index (χ4v) is 2.66. The number of aromatic hydroxyl groups is 1. The standard InChI is InChI=1S/C14H19BrN2O2/c15-12-8-11(4-5-13(12)18)9-16-10-14(19)17-6-2-1-3-7-17/h4-5,8,16,18H,1-3,6-7,9-10H2. The van der Waals surface area contributed by atoms with Gasteiger partial charge in [0.05, 0.1) is 11.0 Å². The summed E-state index contributed by atoms with van der Waals surface area (Å²) in [6.07, 6.45) is 3.48. The predicted octanol–water partition coefficient (Wildman–Crippen LogP) is 2.26. The van der Waals surface area contributed by atoms with Gasteiger partial charge >= 0.3 is 0 Å². The van der Waals surface area contributed by atoms with E-state index in [1.807, 2.05) is 17.0 Å². The highest BCUT2D eigenvalue weighted by atomic mass is 79.9. The molecule has 5 heteroatoms. The Hall–Kier alpha value is -1.07. The number of carbonyl (C=O) groups is 1. The van der Waals surface area contributed by atoms with Crippen molar-refractivity contribution in [3.63, 3.8) is 0 Å². The van der Waals surface area contributed by atoms with E-state index < -0.39 is 0 Å². The molecule has 19 heavy (non-hydrogen) atoms. The molecule has 1 aliphatic heterocycles. The first kappa shape index (κ1) is 14.3. The van der Waals surface area contributed by atoms with Gasteiger partial charge in [-0.3, -0.25) is 4.79 Å². The van der Waals surface area contributed by atoms with Gasteiger partial charge in [-0.15, -0.1) is 0 Å². The maximum Gasteiger partial charge on any atom is 0.236 e. The van der Waals surface area contributed by atoms with Crippen LogP contribution in [0.15, 0.2) is 22.7 Å². The molecule has 0 aromatic heterocycles. The second-order valence-corrected chi connectivity index (χ2v) is 5.69. The van der Waals surface area contributed by atoms with Crippen LogP contribution in [-0.2, 0) is 11.3 Å². The van der Waals surface area contributed by atoms with Crippen LogP contribution in [0.25, 0.3) is 0 Å². The Morgan fingerprint density at radius 1 is 1.32 bits per heavy atom. The van der Waals surface area contributed by atoms with Gasteiger partial charge in [0.2, 0.25) is 5.91 Å². The number of benzene rings is 1. The van der Waals surface area contributed by atoms with E-state index >= 15 is 0 Å². The molecule has 1 aliphatic rings. The number of phenols is 1. The summed E-state index contributed by atoms with van der Waals surface area (Å²) in [5, 5.41) is 12.6. The van der Waals surface area contributed by atoms with E-state index in [-0.39, 0.29) is 11.7 Å². The normalized spacial score (nSPS) is 15.5. The summed E-state index contributed by atoms with van der Waals surface area (Å²) in [5.74, 6) is 0.408. The van der Waals surface area contributed by atoms with E-state index in [0.717, 1.165) is 31.5 Å². The van der Waals surface area contributed by atoms with Gasteiger partial charge in [0.25, 0.3) is 0 Å². The molecule has 1 saturated heterocycles. The number of halogens is 1. The van der Waals surface area contributed by atoms with E-state index in [1.165, 1.54) is 6.42 Å². The fraction of sp³-hybridized carbons (Fsp3) is 0.500. The van der Waals surface area contributed by atoms with Gasteiger partial charge in [0.1, 0.15) is 5.75 Å². The Bertz CT molecular complexity index is 445. The molecule has 2 N–H and O–H groups in total. The second kappa shape index (κ2) is 6.91. The number of likely N-dealkylation sites (tertiary alicyclic amines) is 1. The van der Waals surface area contributed by atoms with Crippen molar-refractivity contribution in [3.05, 3.63) is 28.2 Å². The summed E-state index contributed by atoms with van der Waals surface area (Å²) in [4.78, 5) is 13.9. The van der Waals surface area contributed by atoms with Crippen molar-refractivity contribution in [1.82, 2.24) is 10.2 Å². The van der Waals surface area contributed by atoms with Crippen molar-refractivity contribution < 1.29 is 9.90 Å². The van der Waals surface area contributed by atoms with Crippen LogP contribution in [0.2, 0.25) is 0 Å². The lowest BCUT2D eigenvalue weighted by Crippen LogP contribution is -2.40. The Morgan fingerprint density at radius 3 is 2.74 bits per heavy atom. The van der Waals surface area contributed by atoms with Gasteiger partial charge in [-0.05, 0) is 52.9 Å². The Labute approximate surface area is 121 Å². The average Bonchev–Trinajstić information content (AvgIpc) is 2.43. The lowest BCUT2D eigenvalue weighted by Gasteiger charge is -2.26. The molecular weight excluding hydrogens is 308 g/mol. The third kappa shape index (κ3) is 4.21. The highest BCUT2D eigenvalue weighted by Crippen LogP contribution is 2.24. The molecule has 104 valence electrons. The number of rotatable bonds is 4. The van der Waals surface area contributed by atoms with Crippen LogP contribution in [-0.4, -0.2) is 35.5 Å². The number of nitrogens with one attached hydrogen (secondary N) is 1. The zero-order valence-electron chi connectivity index (χ0n) is 10.9. The zero-order valence-corrected chi connectivity index (χ0v) is 12.4. The molecule has 0 aliphatic carbocycles. The Morgan fingerprint density at radius 2 is 2.05 bits per heavy atom. The topological polar surface area (TPSA) is 52.6 Å². The molecule has 1 aromatic rings. The average molecular weight is 327 g/mol. The SMILES string of the molecule is O=C(CNCc1ccc(O)c(Br)c1)N1CCCCC1. The summed E-state index contributed by atoms with van der Waals surface area (Å²) >= 11 is 3.28. The molecule has 1 amide bonds. The highest BCUT2D eigenvalue weighted by Gasteiger charge is 2.15. The maximum atomic E-state index is 11.9. The lowest BCUT2D eigenvalue weighted by atomic mass is 10.1. The van der Waals surface area contributed by atoms with Crippen LogP contribution in [0.4, 0.5) is 0 Å². The number of amides is 1. The quantitative estimate of drug-likeness (QED) is 0.892. The minimum atomic E-state index is 0.178. The van der Waals surface area contributed by atoms with Crippen molar-refractivity contribution >= 4 is 21.8 Å². The van der Waals surface area contributed by atoms with Crippen LogP contribution in [0.3, 0.4) is 0 Å². The molecule has 1 fully saturated rings. The maximum absolute atomic E-state index is 11.9. The molecule has 0 spiro atoms. The number of phenolic OH excluding ortho intramolecular Hbond substituents is 1. The van der Waals surface area contributed by atoms with Crippen molar-refractivity contribution in [3.8, 4) is 5.75 Å². The molecule has 0 unspecified atom stereocenters. The summed E-state index contributed by atoms with van der Waals surface area (Å²) in [6.45, 7) is 2.79. The molecule has 1 heterocycles. The van der Waals surface area contributed by atoms with E-state index in [9.17, 15) is 9.90 Å². The monoisotopic (exact) mass is 326 g/mol. The summed E-state index contributed by atoms with van der Waals surface area (Å²) in [6, 6.07) is 5.35. The Kier molecular flexibility index (Phi) is 5.22. The van der Waals surface area contributed by atoms with Crippen molar-refractivity contribution in [1.29, 1.82) is 0 Å². The van der Waals surface area contributed by atoms with Crippen molar-refractivity contribution in [2.75, 3.05) is 19.6 Å². The molecule has 0 radical (unpaired) electrons. The number of hydrogen-bond acceptors (Lipinski definition) is 3. The first-order valence-corrected chi connectivity index (χ1v) is 7.42. The van der Waals surface area contributed by atoms with Crippen molar-refractivity contribution in [2.24, 2.45) is 0 Å². The minimum absolute atomic E-state index is 0.178. The fourth-order valence-electron chi connectivity index (χ4n) is 2.23. The third-order valence-electron chi connectivity index (χ3n) is 3.33. The summed E-state index contributed by atoms with van der Waals surface area (Å²) in [7, 11) is 0. The van der Waals surface area contributed by atoms with Crippen LogP contribution < -0.4 is 5.32 Å². The number of nitrogens with zero attached hydrogens (tertiary/aromatic N) is 1. The predicted molar refractivity (Wildman–Crippen MR) is 77.9 cm³/mol.